The molecule has 0 bridgehead atoms. The Bertz CT molecular complexity index is 474. The highest BCUT2D eigenvalue weighted by molar-refractivity contribution is 6.62. The van der Waals surface area contributed by atoms with E-state index in [0.29, 0.717) is 18.4 Å². The zero-order valence-corrected chi connectivity index (χ0v) is 14.0. The first-order valence-electron chi connectivity index (χ1n) is 7.69. The van der Waals surface area contributed by atoms with Crippen molar-refractivity contribution in [2.24, 2.45) is 5.92 Å². The molecule has 4 nitrogen and oxygen atoms in total. The summed E-state index contributed by atoms with van der Waals surface area (Å²) < 4.78 is 17.8. The third-order valence-electron chi connectivity index (χ3n) is 4.50. The normalized spacial score (nSPS) is 21.3. The molecule has 5 heteroatoms. The molecule has 1 aliphatic heterocycles. The SMILES string of the molecule is CC[C@H](C)COc1cc(B2OC(C)(C)C(C)(C)O2)ccn1. The highest BCUT2D eigenvalue weighted by Crippen LogP contribution is 2.36. The summed E-state index contributed by atoms with van der Waals surface area (Å²) in [7, 11) is -0.371. The minimum atomic E-state index is -0.371. The first-order chi connectivity index (χ1) is 9.75. The van der Waals surface area contributed by atoms with Crippen LogP contribution in [0.2, 0.25) is 0 Å². The van der Waals surface area contributed by atoms with E-state index in [1.165, 1.54) is 0 Å². The maximum Gasteiger partial charge on any atom is 0.495 e. The summed E-state index contributed by atoms with van der Waals surface area (Å²) in [4.78, 5) is 4.26. The van der Waals surface area contributed by atoms with Crippen molar-refractivity contribution in [2.45, 2.75) is 59.2 Å². The van der Waals surface area contributed by atoms with Gasteiger partial charge >= 0.3 is 7.12 Å². The topological polar surface area (TPSA) is 40.6 Å². The van der Waals surface area contributed by atoms with Gasteiger partial charge < -0.3 is 14.0 Å². The van der Waals surface area contributed by atoms with Crippen molar-refractivity contribution in [2.75, 3.05) is 6.61 Å². The highest BCUT2D eigenvalue weighted by Gasteiger charge is 2.51. The van der Waals surface area contributed by atoms with Gasteiger partial charge in [-0.15, -0.1) is 0 Å². The Morgan fingerprint density at radius 2 is 1.86 bits per heavy atom. The molecule has 1 fully saturated rings. The number of rotatable bonds is 5. The number of hydrogen-bond acceptors (Lipinski definition) is 4. The lowest BCUT2D eigenvalue weighted by Gasteiger charge is -2.32. The third-order valence-corrected chi connectivity index (χ3v) is 4.50. The van der Waals surface area contributed by atoms with Crippen LogP contribution in [-0.4, -0.2) is 29.9 Å². The van der Waals surface area contributed by atoms with Crippen LogP contribution in [0.3, 0.4) is 0 Å². The standard InChI is InChI=1S/C16H26BNO3/c1-7-12(2)11-19-14-10-13(8-9-18-14)17-20-15(3,4)16(5,6)21-17/h8-10,12H,7,11H2,1-6H3/t12-/m0/s1. The maximum atomic E-state index is 6.05. The fraction of sp³-hybridized carbons (Fsp3) is 0.688. The lowest BCUT2D eigenvalue weighted by Crippen LogP contribution is -2.41. The summed E-state index contributed by atoms with van der Waals surface area (Å²) in [5.41, 5.74) is 0.278. The summed E-state index contributed by atoms with van der Waals surface area (Å²) in [6.07, 6.45) is 2.84. The zero-order chi connectivity index (χ0) is 15.7. The Balaban J connectivity index is 2.08. The second kappa shape index (κ2) is 5.97. The van der Waals surface area contributed by atoms with E-state index < -0.39 is 0 Å². The Labute approximate surface area is 128 Å². The van der Waals surface area contributed by atoms with Crippen LogP contribution in [0.4, 0.5) is 0 Å². The van der Waals surface area contributed by atoms with Gasteiger partial charge in [-0.1, -0.05) is 20.3 Å². The van der Waals surface area contributed by atoms with E-state index in [4.69, 9.17) is 14.0 Å². The van der Waals surface area contributed by atoms with Crippen LogP contribution in [0.1, 0.15) is 48.0 Å². The van der Waals surface area contributed by atoms with Gasteiger partial charge in [-0.3, -0.25) is 0 Å². The van der Waals surface area contributed by atoms with Gasteiger partial charge in [0, 0.05) is 12.3 Å². The van der Waals surface area contributed by atoms with Crippen LogP contribution < -0.4 is 10.2 Å². The summed E-state index contributed by atoms with van der Waals surface area (Å²) in [6.45, 7) is 13.2. The van der Waals surface area contributed by atoms with Crippen molar-refractivity contribution in [1.29, 1.82) is 0 Å². The molecule has 0 saturated carbocycles. The van der Waals surface area contributed by atoms with Crippen LogP contribution in [0, 0.1) is 5.92 Å². The van der Waals surface area contributed by atoms with E-state index in [0.717, 1.165) is 11.9 Å². The Morgan fingerprint density at radius 3 is 2.43 bits per heavy atom. The molecule has 0 amide bonds. The molecule has 21 heavy (non-hydrogen) atoms. The number of nitrogens with zero attached hydrogens (tertiary/aromatic N) is 1. The molecule has 0 unspecified atom stereocenters. The first kappa shape index (κ1) is 16.3. The van der Waals surface area contributed by atoms with Crippen molar-refractivity contribution >= 4 is 12.6 Å². The smallest absolute Gasteiger partial charge is 0.477 e. The van der Waals surface area contributed by atoms with Crippen LogP contribution in [0.15, 0.2) is 18.3 Å². The van der Waals surface area contributed by atoms with Crippen molar-refractivity contribution < 1.29 is 14.0 Å². The van der Waals surface area contributed by atoms with Gasteiger partial charge in [0.15, 0.2) is 0 Å². The summed E-state index contributed by atoms with van der Waals surface area (Å²) in [5.74, 6) is 1.15. The summed E-state index contributed by atoms with van der Waals surface area (Å²) in [5, 5.41) is 0. The average molecular weight is 291 g/mol. The average Bonchev–Trinajstić information content (AvgIpc) is 2.65. The molecule has 0 spiro atoms. The third kappa shape index (κ3) is 3.58. The predicted octanol–water partition coefficient (Wildman–Crippen LogP) is 2.81. The molecule has 0 aliphatic carbocycles. The van der Waals surface area contributed by atoms with Gasteiger partial charge in [0.1, 0.15) is 0 Å². The molecule has 0 radical (unpaired) electrons. The maximum absolute atomic E-state index is 6.05. The molecular formula is C16H26BNO3. The van der Waals surface area contributed by atoms with Gasteiger partial charge in [0.25, 0.3) is 0 Å². The Hall–Kier alpha value is -1.07. The van der Waals surface area contributed by atoms with Crippen LogP contribution >= 0.6 is 0 Å². The van der Waals surface area contributed by atoms with E-state index >= 15 is 0 Å². The van der Waals surface area contributed by atoms with Gasteiger partial charge in [-0.25, -0.2) is 4.98 Å². The largest absolute Gasteiger partial charge is 0.495 e. The molecule has 1 atom stereocenters. The minimum Gasteiger partial charge on any atom is -0.477 e. The quantitative estimate of drug-likeness (QED) is 0.782. The molecule has 1 aromatic heterocycles. The molecule has 116 valence electrons. The lowest BCUT2D eigenvalue weighted by atomic mass is 9.80. The second-order valence-corrected chi connectivity index (χ2v) is 6.84. The van der Waals surface area contributed by atoms with Crippen LogP contribution in [0.5, 0.6) is 5.88 Å². The molecule has 2 heterocycles. The van der Waals surface area contributed by atoms with Crippen molar-refractivity contribution in [1.82, 2.24) is 4.98 Å². The lowest BCUT2D eigenvalue weighted by molar-refractivity contribution is 0.00578. The van der Waals surface area contributed by atoms with Crippen molar-refractivity contribution in [3.05, 3.63) is 18.3 Å². The second-order valence-electron chi connectivity index (χ2n) is 6.84. The fourth-order valence-corrected chi connectivity index (χ4v) is 1.97. The van der Waals surface area contributed by atoms with Crippen LogP contribution in [0.25, 0.3) is 0 Å². The van der Waals surface area contributed by atoms with Crippen molar-refractivity contribution in [3.8, 4) is 5.88 Å². The first-order valence-corrected chi connectivity index (χ1v) is 7.69. The molecule has 0 aromatic carbocycles. The van der Waals surface area contributed by atoms with E-state index in [1.807, 2.05) is 12.1 Å². The number of ether oxygens (including phenoxy) is 1. The van der Waals surface area contributed by atoms with Gasteiger partial charge in [0.05, 0.1) is 17.8 Å². The van der Waals surface area contributed by atoms with E-state index in [1.54, 1.807) is 6.20 Å². The van der Waals surface area contributed by atoms with Crippen LogP contribution in [-0.2, 0) is 9.31 Å². The molecule has 0 N–H and O–H groups in total. The molecule has 1 saturated heterocycles. The van der Waals surface area contributed by atoms with Gasteiger partial charge in [-0.05, 0) is 45.1 Å². The highest BCUT2D eigenvalue weighted by atomic mass is 16.7. The Morgan fingerprint density at radius 1 is 1.24 bits per heavy atom. The van der Waals surface area contributed by atoms with Gasteiger partial charge in [0.2, 0.25) is 5.88 Å². The van der Waals surface area contributed by atoms with Gasteiger partial charge in [-0.2, -0.15) is 0 Å². The fourth-order valence-electron chi connectivity index (χ4n) is 1.97. The summed E-state index contributed by atoms with van der Waals surface area (Å²) in [6, 6.07) is 3.82. The number of pyridine rings is 1. The monoisotopic (exact) mass is 291 g/mol. The summed E-state index contributed by atoms with van der Waals surface area (Å²) >= 11 is 0. The molecular weight excluding hydrogens is 265 g/mol. The minimum absolute atomic E-state index is 0.335. The molecule has 1 aliphatic rings. The van der Waals surface area contributed by atoms with E-state index in [9.17, 15) is 0 Å². The van der Waals surface area contributed by atoms with E-state index in [2.05, 4.69) is 46.5 Å². The Kier molecular flexibility index (Phi) is 4.64. The number of aromatic nitrogens is 1. The number of hydrogen-bond donors (Lipinski definition) is 0. The van der Waals surface area contributed by atoms with E-state index in [-0.39, 0.29) is 18.3 Å². The van der Waals surface area contributed by atoms with Crippen molar-refractivity contribution in [3.63, 3.8) is 0 Å². The molecule has 1 aromatic rings. The zero-order valence-electron chi connectivity index (χ0n) is 14.0. The molecule has 2 rings (SSSR count). The predicted molar refractivity (Wildman–Crippen MR) is 84.9 cm³/mol.